The van der Waals surface area contributed by atoms with Gasteiger partial charge in [0.1, 0.15) is 11.6 Å². The van der Waals surface area contributed by atoms with E-state index in [9.17, 15) is 18.4 Å². The van der Waals surface area contributed by atoms with Gasteiger partial charge in [0.05, 0.1) is 6.61 Å². The molecule has 24 heavy (non-hydrogen) atoms. The number of rotatable bonds is 4. The summed E-state index contributed by atoms with van der Waals surface area (Å²) in [5, 5.41) is 0. The summed E-state index contributed by atoms with van der Waals surface area (Å²) in [6.07, 6.45) is 1.22. The number of hydrogen-bond acceptors (Lipinski definition) is 4. The van der Waals surface area contributed by atoms with Gasteiger partial charge in [-0.05, 0) is 46.0 Å². The molecule has 0 aromatic carbocycles. The third-order valence-electron chi connectivity index (χ3n) is 3.07. The highest BCUT2D eigenvalue weighted by atomic mass is 79.9. The quantitative estimate of drug-likeness (QED) is 0.307. The smallest absolute Gasteiger partial charge is 0.411 e. The zero-order valence-electron chi connectivity index (χ0n) is 14.0. The molecule has 0 radical (unpaired) electrons. The minimum absolute atomic E-state index is 0.0695. The Morgan fingerprint density at radius 1 is 1.33 bits per heavy atom. The average molecular weight is 410 g/mol. The molecule has 1 fully saturated rings. The van der Waals surface area contributed by atoms with Crippen LogP contribution in [0.5, 0.6) is 0 Å². The van der Waals surface area contributed by atoms with Crippen LogP contribution < -0.4 is 0 Å². The van der Waals surface area contributed by atoms with Gasteiger partial charge in [0.25, 0.3) is 0 Å². The van der Waals surface area contributed by atoms with Gasteiger partial charge in [-0.1, -0.05) is 5.92 Å². The Kier molecular flexibility index (Phi) is 7.46. The summed E-state index contributed by atoms with van der Waals surface area (Å²) in [7, 11) is 0. The Balaban J connectivity index is 2.40. The minimum atomic E-state index is -3.19. The first-order valence-corrected chi connectivity index (χ1v) is 8.52. The van der Waals surface area contributed by atoms with Crippen LogP contribution in [-0.2, 0) is 14.3 Å². The summed E-state index contributed by atoms with van der Waals surface area (Å²) < 4.78 is 35.2. The lowest BCUT2D eigenvalue weighted by atomic mass is 10.2. The van der Waals surface area contributed by atoms with Gasteiger partial charge in [-0.15, -0.1) is 0 Å². The molecule has 1 atom stereocenters. The zero-order valence-corrected chi connectivity index (χ0v) is 15.6. The van der Waals surface area contributed by atoms with Gasteiger partial charge in [-0.3, -0.25) is 4.90 Å². The van der Waals surface area contributed by atoms with Gasteiger partial charge < -0.3 is 9.47 Å². The number of carbonyl (C=O) groups excluding carboxylic acids is 2. The molecule has 0 spiro atoms. The third kappa shape index (κ3) is 7.95. The van der Waals surface area contributed by atoms with E-state index in [4.69, 9.17) is 9.47 Å². The lowest BCUT2D eigenvalue weighted by Crippen LogP contribution is -2.44. The van der Waals surface area contributed by atoms with Crippen LogP contribution in [0.15, 0.2) is 0 Å². The molecule has 1 aliphatic rings. The van der Waals surface area contributed by atoms with E-state index in [1.165, 1.54) is 4.90 Å². The summed E-state index contributed by atoms with van der Waals surface area (Å²) >= 11 is 2.11. The Bertz CT molecular complexity index is 517. The average Bonchev–Trinajstić information content (AvgIpc) is 2.88. The number of amides is 1. The molecule has 0 bridgehead atoms. The second-order valence-corrected chi connectivity index (χ2v) is 7.40. The van der Waals surface area contributed by atoms with Crippen LogP contribution in [0.1, 0.15) is 46.5 Å². The van der Waals surface area contributed by atoms with E-state index in [-0.39, 0.29) is 13.0 Å². The number of halogens is 3. The molecule has 1 aliphatic heterocycles. The minimum Gasteiger partial charge on any atom is -0.464 e. The number of ether oxygens (including phenoxy) is 2. The standard InChI is InChI=1S/C16H22BrF2NO4/c1-15(2,3)24-14(22)20-10-7-8-12(20)13(21)23-11-6-4-5-9-16(17,18)19/h12H,4,6-8,10-11H2,1-3H3/t12-/m1/s1. The highest BCUT2D eigenvalue weighted by Gasteiger charge is 2.37. The molecule has 0 aromatic heterocycles. The molecular formula is C16H22BrF2NO4. The highest BCUT2D eigenvalue weighted by Crippen LogP contribution is 2.22. The Labute approximate surface area is 149 Å². The molecule has 1 heterocycles. The molecule has 1 amide bonds. The first kappa shape index (κ1) is 20.7. The van der Waals surface area contributed by atoms with E-state index in [0.717, 1.165) is 0 Å². The molecule has 0 N–H and O–H groups in total. The predicted molar refractivity (Wildman–Crippen MR) is 87.8 cm³/mol. The van der Waals surface area contributed by atoms with Crippen LogP contribution >= 0.6 is 15.9 Å². The zero-order chi connectivity index (χ0) is 18.4. The van der Waals surface area contributed by atoms with Crippen molar-refractivity contribution < 1.29 is 27.8 Å². The molecule has 1 rings (SSSR count). The van der Waals surface area contributed by atoms with Crippen molar-refractivity contribution in [2.24, 2.45) is 0 Å². The van der Waals surface area contributed by atoms with E-state index < -0.39 is 28.5 Å². The fraction of sp³-hybridized carbons (Fsp3) is 0.750. The maximum absolute atomic E-state index is 12.4. The molecular weight excluding hydrogens is 388 g/mol. The van der Waals surface area contributed by atoms with Crippen LogP contribution in [0.4, 0.5) is 13.6 Å². The molecule has 0 saturated carbocycles. The topological polar surface area (TPSA) is 55.8 Å². The monoisotopic (exact) mass is 409 g/mol. The van der Waals surface area contributed by atoms with Gasteiger partial charge in [0.15, 0.2) is 0 Å². The second kappa shape index (κ2) is 8.65. The van der Waals surface area contributed by atoms with Gasteiger partial charge >= 0.3 is 16.9 Å². The molecule has 5 nitrogen and oxygen atoms in total. The summed E-state index contributed by atoms with van der Waals surface area (Å²) in [5.74, 6) is 3.53. The molecule has 1 saturated heterocycles. The van der Waals surface area contributed by atoms with Gasteiger partial charge in [0, 0.05) is 28.9 Å². The van der Waals surface area contributed by atoms with E-state index in [0.29, 0.717) is 25.8 Å². The van der Waals surface area contributed by atoms with Crippen LogP contribution in [0.2, 0.25) is 0 Å². The number of alkyl halides is 3. The first-order valence-electron chi connectivity index (χ1n) is 7.72. The van der Waals surface area contributed by atoms with E-state index >= 15 is 0 Å². The van der Waals surface area contributed by atoms with Gasteiger partial charge in [0.2, 0.25) is 0 Å². The predicted octanol–water partition coefficient (Wildman–Crippen LogP) is 3.70. The van der Waals surface area contributed by atoms with Crippen LogP contribution in [0, 0.1) is 11.8 Å². The Morgan fingerprint density at radius 2 is 2.00 bits per heavy atom. The van der Waals surface area contributed by atoms with Crippen LogP contribution in [0.25, 0.3) is 0 Å². The number of esters is 1. The lowest BCUT2D eigenvalue weighted by molar-refractivity contribution is -0.148. The molecule has 0 aliphatic carbocycles. The van der Waals surface area contributed by atoms with Crippen molar-refractivity contribution in [2.45, 2.75) is 62.9 Å². The molecule has 0 unspecified atom stereocenters. The third-order valence-corrected chi connectivity index (χ3v) is 3.27. The van der Waals surface area contributed by atoms with E-state index in [2.05, 4.69) is 21.9 Å². The van der Waals surface area contributed by atoms with Crippen molar-refractivity contribution >= 4 is 28.0 Å². The normalized spacial score (nSPS) is 17.9. The van der Waals surface area contributed by atoms with Crippen LogP contribution in [-0.4, -0.2) is 46.6 Å². The number of hydrogen-bond donors (Lipinski definition) is 0. The molecule has 8 heteroatoms. The maximum atomic E-state index is 12.4. The SMILES string of the molecule is CC(C)(C)OC(=O)N1CCC[C@@H]1C(=O)OCCCC#CC(F)(F)Br. The Hall–Kier alpha value is -1.36. The maximum Gasteiger partial charge on any atom is 0.411 e. The molecule has 136 valence electrons. The van der Waals surface area contributed by atoms with Crippen molar-refractivity contribution in [1.82, 2.24) is 4.90 Å². The largest absolute Gasteiger partial charge is 0.464 e. The number of carbonyl (C=O) groups is 2. The number of likely N-dealkylation sites (tertiary alicyclic amines) is 1. The van der Waals surface area contributed by atoms with Crippen molar-refractivity contribution in [2.75, 3.05) is 13.2 Å². The van der Waals surface area contributed by atoms with Gasteiger partial charge in [-0.25, -0.2) is 9.59 Å². The van der Waals surface area contributed by atoms with Crippen molar-refractivity contribution in [3.8, 4) is 11.8 Å². The lowest BCUT2D eigenvalue weighted by Gasteiger charge is -2.27. The number of nitrogens with zero attached hydrogens (tertiary/aromatic N) is 1. The van der Waals surface area contributed by atoms with Crippen molar-refractivity contribution in [3.05, 3.63) is 0 Å². The van der Waals surface area contributed by atoms with Crippen molar-refractivity contribution in [3.63, 3.8) is 0 Å². The van der Waals surface area contributed by atoms with Gasteiger partial charge in [-0.2, -0.15) is 8.78 Å². The first-order chi connectivity index (χ1) is 11.0. The second-order valence-electron chi connectivity index (χ2n) is 6.40. The summed E-state index contributed by atoms with van der Waals surface area (Å²) in [6.45, 7) is 5.78. The van der Waals surface area contributed by atoms with Crippen molar-refractivity contribution in [1.29, 1.82) is 0 Å². The fourth-order valence-corrected chi connectivity index (χ4v) is 2.28. The van der Waals surface area contributed by atoms with Crippen LogP contribution in [0.3, 0.4) is 0 Å². The summed E-state index contributed by atoms with van der Waals surface area (Å²) in [5.41, 5.74) is -0.635. The van der Waals surface area contributed by atoms with E-state index in [1.807, 2.05) is 0 Å². The summed E-state index contributed by atoms with van der Waals surface area (Å²) in [6, 6.07) is -0.655. The number of unbranched alkanes of at least 4 members (excludes halogenated alkanes) is 1. The van der Waals surface area contributed by atoms with E-state index in [1.54, 1.807) is 26.7 Å². The summed E-state index contributed by atoms with van der Waals surface area (Å²) in [4.78, 5) is 22.4. The molecule has 0 aromatic rings. The Morgan fingerprint density at radius 3 is 2.58 bits per heavy atom. The highest BCUT2D eigenvalue weighted by molar-refractivity contribution is 9.10. The fourth-order valence-electron chi connectivity index (χ4n) is 2.14.